The molecule has 0 aliphatic rings. The smallest absolute Gasteiger partial charge is 0.226 e. The molecule has 1 heterocycles. The summed E-state index contributed by atoms with van der Waals surface area (Å²) in [6.45, 7) is 5.96. The summed E-state index contributed by atoms with van der Waals surface area (Å²) in [4.78, 5) is 16.4. The maximum atomic E-state index is 13.4. The average molecular weight is 348 g/mol. The van der Waals surface area contributed by atoms with Crippen LogP contribution >= 0.6 is 0 Å². The largest absolute Gasteiger partial charge is 0.381 e. The van der Waals surface area contributed by atoms with Crippen molar-refractivity contribution in [3.8, 4) is 0 Å². The van der Waals surface area contributed by atoms with Crippen molar-refractivity contribution in [3.63, 3.8) is 0 Å². The third-order valence-corrected chi connectivity index (χ3v) is 3.48. The van der Waals surface area contributed by atoms with Crippen LogP contribution in [-0.4, -0.2) is 22.1 Å². The van der Waals surface area contributed by atoms with Crippen molar-refractivity contribution in [1.29, 1.82) is 0 Å². The zero-order valence-corrected chi connectivity index (χ0v) is 14.9. The third kappa shape index (κ3) is 6.17. The number of aromatic nitrogens is 2. The molecule has 2 N–H and O–H groups in total. The Labute approximate surface area is 147 Å². The summed E-state index contributed by atoms with van der Waals surface area (Å²) in [5, 5.41) is 9.84. The fourth-order valence-corrected chi connectivity index (χ4v) is 2.39. The molecule has 7 heteroatoms. The number of halogens is 1. The van der Waals surface area contributed by atoms with E-state index in [9.17, 15) is 9.18 Å². The van der Waals surface area contributed by atoms with Crippen LogP contribution in [0, 0.1) is 5.82 Å². The van der Waals surface area contributed by atoms with E-state index in [0.717, 1.165) is 12.8 Å². The number of benzene rings is 1. The first-order valence-electron chi connectivity index (χ1n) is 8.65. The summed E-state index contributed by atoms with van der Waals surface area (Å²) in [5.74, 6) is 0.782. The minimum absolute atomic E-state index is 0.132. The van der Waals surface area contributed by atoms with Crippen LogP contribution in [0.25, 0.3) is 0 Å². The first kappa shape index (κ1) is 18.9. The van der Waals surface area contributed by atoms with Crippen LogP contribution in [0.15, 0.2) is 22.7 Å². The fourth-order valence-electron chi connectivity index (χ4n) is 2.39. The zero-order chi connectivity index (χ0) is 18.2. The normalized spacial score (nSPS) is 10.9. The van der Waals surface area contributed by atoms with Crippen LogP contribution in [0.2, 0.25) is 0 Å². The van der Waals surface area contributed by atoms with Gasteiger partial charge in [0.05, 0.1) is 11.4 Å². The van der Waals surface area contributed by atoms with Gasteiger partial charge in [0, 0.05) is 25.3 Å². The van der Waals surface area contributed by atoms with E-state index < -0.39 is 0 Å². The lowest BCUT2D eigenvalue weighted by atomic mass is 10.2. The molecule has 0 spiro atoms. The first-order chi connectivity index (χ1) is 12.0. The number of hydrogen-bond acceptors (Lipinski definition) is 5. The van der Waals surface area contributed by atoms with Crippen LogP contribution in [0.5, 0.6) is 0 Å². The van der Waals surface area contributed by atoms with Gasteiger partial charge in [-0.2, -0.15) is 4.98 Å². The van der Waals surface area contributed by atoms with Gasteiger partial charge in [-0.25, -0.2) is 4.39 Å². The van der Waals surface area contributed by atoms with E-state index in [1.54, 1.807) is 6.07 Å². The number of amides is 1. The van der Waals surface area contributed by atoms with E-state index in [2.05, 4.69) is 27.7 Å². The molecule has 2 aromatic rings. The summed E-state index contributed by atoms with van der Waals surface area (Å²) < 4.78 is 18.6. The van der Waals surface area contributed by atoms with Crippen LogP contribution in [0.4, 0.5) is 15.8 Å². The Morgan fingerprint density at radius 2 is 2.08 bits per heavy atom. The minimum atomic E-state index is -0.347. The lowest BCUT2D eigenvalue weighted by molar-refractivity contribution is -0.116. The molecule has 0 saturated carbocycles. The van der Waals surface area contributed by atoms with Gasteiger partial charge in [0.1, 0.15) is 5.82 Å². The molecule has 0 aliphatic heterocycles. The molecule has 0 aliphatic carbocycles. The molecular weight excluding hydrogens is 323 g/mol. The molecule has 0 saturated heterocycles. The highest BCUT2D eigenvalue weighted by atomic mass is 19.1. The highest BCUT2D eigenvalue weighted by Crippen LogP contribution is 2.24. The number of nitrogens with zero attached hydrogens (tertiary/aromatic N) is 2. The molecule has 0 atom stereocenters. The van der Waals surface area contributed by atoms with Crippen LogP contribution in [0.3, 0.4) is 0 Å². The quantitative estimate of drug-likeness (QED) is 0.717. The second kappa shape index (κ2) is 9.15. The Hall–Kier alpha value is -2.44. The molecule has 6 nitrogen and oxygen atoms in total. The molecule has 1 aromatic carbocycles. The van der Waals surface area contributed by atoms with Crippen molar-refractivity contribution < 1.29 is 13.7 Å². The number of carbonyl (C=O) groups is 1. The van der Waals surface area contributed by atoms with Gasteiger partial charge in [-0.3, -0.25) is 4.79 Å². The summed E-state index contributed by atoms with van der Waals surface area (Å²) in [6.07, 6.45) is 3.24. The summed E-state index contributed by atoms with van der Waals surface area (Å²) >= 11 is 0. The van der Waals surface area contributed by atoms with Crippen molar-refractivity contribution in [2.24, 2.45) is 0 Å². The van der Waals surface area contributed by atoms with Gasteiger partial charge < -0.3 is 15.2 Å². The van der Waals surface area contributed by atoms with Gasteiger partial charge in [0.25, 0.3) is 0 Å². The highest BCUT2D eigenvalue weighted by molar-refractivity contribution is 5.94. The van der Waals surface area contributed by atoms with Gasteiger partial charge in [-0.1, -0.05) is 12.1 Å². The van der Waals surface area contributed by atoms with Crippen LogP contribution < -0.4 is 10.6 Å². The summed E-state index contributed by atoms with van der Waals surface area (Å²) in [7, 11) is 0. The number of carbonyl (C=O) groups excluding carboxylic acids is 1. The second-order valence-electron chi connectivity index (χ2n) is 6.25. The van der Waals surface area contributed by atoms with Crippen molar-refractivity contribution in [3.05, 3.63) is 35.7 Å². The Morgan fingerprint density at radius 3 is 2.80 bits per heavy atom. The second-order valence-corrected chi connectivity index (χ2v) is 6.25. The number of rotatable bonds is 9. The van der Waals surface area contributed by atoms with Crippen LogP contribution in [-0.2, 0) is 17.6 Å². The van der Waals surface area contributed by atoms with E-state index >= 15 is 0 Å². The van der Waals surface area contributed by atoms with Crippen molar-refractivity contribution in [2.45, 2.75) is 58.9 Å². The van der Waals surface area contributed by atoms with Gasteiger partial charge in [-0.05, 0) is 44.9 Å². The molecule has 1 aromatic heterocycles. The minimum Gasteiger partial charge on any atom is -0.381 e. The standard InChI is InChI=1S/C18H25FN4O2/c1-4-6-16-22-18(25-23-16)8-5-7-17(24)21-14-10-9-13(19)11-15(14)20-12(2)3/h9-12,20H,4-8H2,1-3H3,(H,21,24). The number of aryl methyl sites for hydroxylation is 2. The summed E-state index contributed by atoms with van der Waals surface area (Å²) in [5.41, 5.74) is 1.15. The van der Waals surface area contributed by atoms with Crippen molar-refractivity contribution in [2.75, 3.05) is 10.6 Å². The van der Waals surface area contributed by atoms with E-state index in [1.807, 2.05) is 13.8 Å². The topological polar surface area (TPSA) is 80.0 Å². The lowest BCUT2D eigenvalue weighted by Crippen LogP contribution is -2.16. The number of nitrogens with one attached hydrogen (secondary N) is 2. The Morgan fingerprint density at radius 1 is 1.28 bits per heavy atom. The average Bonchev–Trinajstić information content (AvgIpc) is 2.97. The highest BCUT2D eigenvalue weighted by Gasteiger charge is 2.11. The Balaban J connectivity index is 1.85. The molecule has 0 unspecified atom stereocenters. The molecular formula is C18H25FN4O2. The van der Waals surface area contributed by atoms with Crippen molar-refractivity contribution >= 4 is 17.3 Å². The zero-order valence-electron chi connectivity index (χ0n) is 14.9. The monoisotopic (exact) mass is 348 g/mol. The molecule has 0 radical (unpaired) electrons. The van der Waals surface area contributed by atoms with Crippen molar-refractivity contribution in [1.82, 2.24) is 10.1 Å². The molecule has 1 amide bonds. The molecule has 0 bridgehead atoms. The maximum absolute atomic E-state index is 13.4. The molecule has 136 valence electrons. The van der Waals surface area contributed by atoms with E-state index in [0.29, 0.717) is 42.4 Å². The fraction of sp³-hybridized carbons (Fsp3) is 0.500. The Bertz CT molecular complexity index is 700. The Kier molecular flexibility index (Phi) is 6.91. The van der Waals surface area contributed by atoms with Gasteiger partial charge >= 0.3 is 0 Å². The number of hydrogen-bond donors (Lipinski definition) is 2. The van der Waals surface area contributed by atoms with E-state index in [1.165, 1.54) is 12.1 Å². The third-order valence-electron chi connectivity index (χ3n) is 3.48. The SMILES string of the molecule is CCCc1noc(CCCC(=O)Nc2ccc(F)cc2NC(C)C)n1. The predicted molar refractivity (Wildman–Crippen MR) is 95.0 cm³/mol. The maximum Gasteiger partial charge on any atom is 0.226 e. The van der Waals surface area contributed by atoms with E-state index in [4.69, 9.17) is 4.52 Å². The first-order valence-corrected chi connectivity index (χ1v) is 8.65. The van der Waals surface area contributed by atoms with Gasteiger partial charge in [-0.15, -0.1) is 0 Å². The molecule has 0 fully saturated rings. The van der Waals surface area contributed by atoms with Crippen LogP contribution in [0.1, 0.15) is 51.7 Å². The van der Waals surface area contributed by atoms with Gasteiger partial charge in [0.15, 0.2) is 5.82 Å². The van der Waals surface area contributed by atoms with E-state index in [-0.39, 0.29) is 17.8 Å². The lowest BCUT2D eigenvalue weighted by Gasteiger charge is -2.15. The predicted octanol–water partition coefficient (Wildman–Crippen LogP) is 3.94. The molecule has 2 rings (SSSR count). The van der Waals surface area contributed by atoms with Gasteiger partial charge in [0.2, 0.25) is 11.8 Å². The molecule has 25 heavy (non-hydrogen) atoms. The number of anilines is 2. The summed E-state index contributed by atoms with van der Waals surface area (Å²) in [6, 6.07) is 4.40.